The number of aromatic nitrogens is 5. The Kier molecular flexibility index (Phi) is 3.28. The van der Waals surface area contributed by atoms with E-state index in [-0.39, 0.29) is 5.92 Å². The fourth-order valence-corrected chi connectivity index (χ4v) is 2.32. The monoisotopic (exact) mass is 274 g/mol. The minimum atomic E-state index is -0.712. The third-order valence-corrected chi connectivity index (χ3v) is 3.46. The van der Waals surface area contributed by atoms with E-state index in [0.717, 1.165) is 5.82 Å². The van der Waals surface area contributed by atoms with Crippen LogP contribution in [-0.2, 0) is 4.79 Å². The van der Waals surface area contributed by atoms with E-state index >= 15 is 0 Å². The number of nitrogens with zero attached hydrogens (tertiary/aromatic N) is 6. The van der Waals surface area contributed by atoms with E-state index in [0.29, 0.717) is 31.7 Å². The molecule has 8 heteroatoms. The first-order valence-electron chi connectivity index (χ1n) is 6.39. The number of hydrogen-bond acceptors (Lipinski definition) is 6. The number of hydrogen-bond donors (Lipinski definition) is 1. The maximum atomic E-state index is 10.9. The van der Waals surface area contributed by atoms with Crippen molar-refractivity contribution < 1.29 is 9.90 Å². The lowest BCUT2D eigenvalue weighted by Crippen LogP contribution is -2.36. The standard InChI is InChI=1S/C12H14N6O2/c19-12(20)9-1-3-17(4-2-9)10-5-11(15-7-14-10)18-8-13-6-16-18/h5-9H,1-4H2,(H,19,20). The predicted octanol–water partition coefficient (Wildman–Crippen LogP) is 0.358. The number of carbonyl (C=O) groups is 1. The number of piperidine rings is 1. The van der Waals surface area contributed by atoms with Gasteiger partial charge < -0.3 is 10.0 Å². The summed E-state index contributed by atoms with van der Waals surface area (Å²) in [5.74, 6) is 0.473. The van der Waals surface area contributed by atoms with Crippen LogP contribution in [0.15, 0.2) is 25.0 Å². The lowest BCUT2D eigenvalue weighted by Gasteiger charge is -2.30. The van der Waals surface area contributed by atoms with Crippen molar-refractivity contribution >= 4 is 11.8 Å². The molecule has 1 saturated heterocycles. The fraction of sp³-hybridized carbons (Fsp3) is 0.417. The Labute approximate surface area is 115 Å². The molecule has 1 fully saturated rings. The first-order chi connectivity index (χ1) is 9.74. The van der Waals surface area contributed by atoms with Crippen molar-refractivity contribution in [2.45, 2.75) is 12.8 Å². The van der Waals surface area contributed by atoms with Gasteiger partial charge in [0.1, 0.15) is 24.8 Å². The van der Waals surface area contributed by atoms with Crippen molar-refractivity contribution in [3.63, 3.8) is 0 Å². The van der Waals surface area contributed by atoms with Gasteiger partial charge in [-0.2, -0.15) is 5.10 Å². The van der Waals surface area contributed by atoms with E-state index in [1.807, 2.05) is 6.07 Å². The molecule has 0 aliphatic carbocycles. The van der Waals surface area contributed by atoms with Gasteiger partial charge in [0.05, 0.1) is 5.92 Å². The van der Waals surface area contributed by atoms with Gasteiger partial charge in [0.25, 0.3) is 0 Å². The zero-order chi connectivity index (χ0) is 13.9. The van der Waals surface area contributed by atoms with Crippen molar-refractivity contribution in [1.82, 2.24) is 24.7 Å². The molecule has 0 unspecified atom stereocenters. The largest absolute Gasteiger partial charge is 0.481 e. The van der Waals surface area contributed by atoms with E-state index in [4.69, 9.17) is 5.11 Å². The van der Waals surface area contributed by atoms with Crippen molar-refractivity contribution in [2.24, 2.45) is 5.92 Å². The summed E-state index contributed by atoms with van der Waals surface area (Å²) in [6, 6.07) is 1.83. The first kappa shape index (κ1) is 12.5. The second-order valence-corrected chi connectivity index (χ2v) is 4.67. The van der Waals surface area contributed by atoms with Gasteiger partial charge in [0.2, 0.25) is 0 Å². The number of carboxylic acids is 1. The molecule has 8 nitrogen and oxygen atoms in total. The number of carboxylic acid groups (broad SMARTS) is 1. The fourth-order valence-electron chi connectivity index (χ4n) is 2.32. The summed E-state index contributed by atoms with van der Waals surface area (Å²) >= 11 is 0. The Morgan fingerprint density at radius 3 is 2.60 bits per heavy atom. The zero-order valence-electron chi connectivity index (χ0n) is 10.8. The highest BCUT2D eigenvalue weighted by molar-refractivity contribution is 5.70. The lowest BCUT2D eigenvalue weighted by atomic mass is 9.97. The summed E-state index contributed by atoms with van der Waals surface area (Å²) in [7, 11) is 0. The molecule has 2 aromatic heterocycles. The summed E-state index contributed by atoms with van der Waals surface area (Å²) < 4.78 is 1.56. The first-order valence-corrected chi connectivity index (χ1v) is 6.39. The van der Waals surface area contributed by atoms with Gasteiger partial charge in [0, 0.05) is 19.2 Å². The van der Waals surface area contributed by atoms with Gasteiger partial charge in [-0.25, -0.2) is 19.6 Å². The zero-order valence-corrected chi connectivity index (χ0v) is 10.8. The maximum Gasteiger partial charge on any atom is 0.306 e. The quantitative estimate of drug-likeness (QED) is 0.862. The molecule has 2 aromatic rings. The molecule has 3 heterocycles. The highest BCUT2D eigenvalue weighted by Crippen LogP contribution is 2.22. The van der Waals surface area contributed by atoms with Crippen molar-refractivity contribution in [3.05, 3.63) is 25.0 Å². The number of anilines is 1. The van der Waals surface area contributed by atoms with E-state index in [1.165, 1.54) is 12.7 Å². The average molecular weight is 274 g/mol. The van der Waals surface area contributed by atoms with Gasteiger partial charge in [-0.3, -0.25) is 4.79 Å². The van der Waals surface area contributed by atoms with Crippen molar-refractivity contribution in [1.29, 1.82) is 0 Å². The third-order valence-electron chi connectivity index (χ3n) is 3.46. The Bertz CT molecular complexity index is 592. The van der Waals surface area contributed by atoms with Gasteiger partial charge in [0.15, 0.2) is 5.82 Å². The summed E-state index contributed by atoms with van der Waals surface area (Å²) in [6.45, 7) is 1.37. The van der Waals surface area contributed by atoms with Gasteiger partial charge in [-0.05, 0) is 12.8 Å². The summed E-state index contributed by atoms with van der Waals surface area (Å²) in [5, 5.41) is 13.0. The maximum absolute atomic E-state index is 10.9. The van der Waals surface area contributed by atoms with Crippen LogP contribution in [0.5, 0.6) is 0 Å². The molecule has 0 aromatic carbocycles. The minimum Gasteiger partial charge on any atom is -0.481 e. The molecule has 1 aliphatic rings. The molecule has 0 atom stereocenters. The Morgan fingerprint density at radius 2 is 1.95 bits per heavy atom. The van der Waals surface area contributed by atoms with Crippen LogP contribution in [0.1, 0.15) is 12.8 Å². The SMILES string of the molecule is O=C(O)C1CCN(c2cc(-n3cncn3)ncn2)CC1. The lowest BCUT2D eigenvalue weighted by molar-refractivity contribution is -0.142. The van der Waals surface area contributed by atoms with E-state index in [1.54, 1.807) is 11.0 Å². The highest BCUT2D eigenvalue weighted by Gasteiger charge is 2.25. The number of rotatable bonds is 3. The molecule has 20 heavy (non-hydrogen) atoms. The summed E-state index contributed by atoms with van der Waals surface area (Å²) in [4.78, 5) is 25.3. The number of aliphatic carboxylic acids is 1. The van der Waals surface area contributed by atoms with Crippen LogP contribution in [0, 0.1) is 5.92 Å². The predicted molar refractivity (Wildman–Crippen MR) is 69.5 cm³/mol. The van der Waals surface area contributed by atoms with Crippen molar-refractivity contribution in [3.8, 4) is 5.82 Å². The minimum absolute atomic E-state index is 0.247. The second-order valence-electron chi connectivity index (χ2n) is 4.67. The molecule has 0 spiro atoms. The Morgan fingerprint density at radius 1 is 1.20 bits per heavy atom. The molecule has 1 aliphatic heterocycles. The normalized spacial score (nSPS) is 16.3. The topological polar surface area (TPSA) is 97.0 Å². The van der Waals surface area contributed by atoms with E-state index < -0.39 is 5.97 Å². The van der Waals surface area contributed by atoms with Crippen LogP contribution in [0.2, 0.25) is 0 Å². The molecule has 0 radical (unpaired) electrons. The van der Waals surface area contributed by atoms with Crippen LogP contribution < -0.4 is 4.90 Å². The molecular weight excluding hydrogens is 260 g/mol. The second kappa shape index (κ2) is 5.24. The van der Waals surface area contributed by atoms with Crippen LogP contribution in [0.4, 0.5) is 5.82 Å². The van der Waals surface area contributed by atoms with Crippen molar-refractivity contribution in [2.75, 3.05) is 18.0 Å². The molecule has 0 amide bonds. The van der Waals surface area contributed by atoms with Gasteiger partial charge in [-0.1, -0.05) is 0 Å². The highest BCUT2D eigenvalue weighted by atomic mass is 16.4. The molecular formula is C12H14N6O2. The summed E-state index contributed by atoms with van der Waals surface area (Å²) in [6.07, 6.45) is 5.77. The Hall–Kier alpha value is -2.51. The van der Waals surface area contributed by atoms with E-state index in [2.05, 4.69) is 25.0 Å². The van der Waals surface area contributed by atoms with Crippen LogP contribution in [-0.4, -0.2) is 48.9 Å². The van der Waals surface area contributed by atoms with Gasteiger partial charge in [-0.15, -0.1) is 0 Å². The van der Waals surface area contributed by atoms with E-state index in [9.17, 15) is 4.79 Å². The average Bonchev–Trinajstić information content (AvgIpc) is 3.02. The third kappa shape index (κ3) is 2.44. The molecule has 1 N–H and O–H groups in total. The molecule has 0 saturated carbocycles. The summed E-state index contributed by atoms with van der Waals surface area (Å²) in [5.41, 5.74) is 0. The smallest absolute Gasteiger partial charge is 0.306 e. The van der Waals surface area contributed by atoms with Crippen LogP contribution >= 0.6 is 0 Å². The molecule has 0 bridgehead atoms. The van der Waals surface area contributed by atoms with Gasteiger partial charge >= 0.3 is 5.97 Å². The molecule has 104 valence electrons. The molecule has 3 rings (SSSR count). The van der Waals surface area contributed by atoms with Crippen LogP contribution in [0.25, 0.3) is 5.82 Å². The Balaban J connectivity index is 1.75. The van der Waals surface area contributed by atoms with Crippen LogP contribution in [0.3, 0.4) is 0 Å².